The number of hydrogen-bond donors (Lipinski definition) is 1. The third-order valence-corrected chi connectivity index (χ3v) is 1.95. The van der Waals surface area contributed by atoms with Crippen molar-refractivity contribution in [2.24, 2.45) is 0 Å². The van der Waals surface area contributed by atoms with Gasteiger partial charge < -0.3 is 9.84 Å². The Labute approximate surface area is 97.0 Å². The maximum atomic E-state index is 10.8. The lowest BCUT2D eigenvalue weighted by atomic mass is 10.1. The Kier molecular flexibility index (Phi) is 4.20. The Morgan fingerprint density at radius 2 is 2.29 bits per heavy atom. The number of aliphatic hydroxyl groups excluding tert-OH is 1. The van der Waals surface area contributed by atoms with Gasteiger partial charge in [0.05, 0.1) is 24.2 Å². The molecule has 0 heterocycles. The minimum atomic E-state index is -0.723. The van der Waals surface area contributed by atoms with E-state index in [2.05, 4.69) is 16.6 Å². The normalized spacial score (nSPS) is 9.06. The number of methoxy groups -OCH3 is 1. The third kappa shape index (κ3) is 3.29. The van der Waals surface area contributed by atoms with E-state index in [1.165, 1.54) is 25.3 Å². The highest BCUT2D eigenvalue weighted by molar-refractivity contribution is 5.89. The van der Waals surface area contributed by atoms with Crippen molar-refractivity contribution >= 4 is 11.7 Å². The Hall–Kier alpha value is -2.39. The fourth-order valence-electron chi connectivity index (χ4n) is 1.12. The van der Waals surface area contributed by atoms with Crippen LogP contribution in [-0.4, -0.2) is 23.1 Å². The average molecular weight is 235 g/mol. The molecule has 1 N–H and O–H groups in total. The third-order valence-electron chi connectivity index (χ3n) is 1.95. The molecule has 0 saturated carbocycles. The van der Waals surface area contributed by atoms with Gasteiger partial charge in [-0.25, -0.2) is 4.79 Å². The lowest BCUT2D eigenvalue weighted by molar-refractivity contribution is -0.385. The average Bonchev–Trinajstić information content (AvgIpc) is 2.35. The van der Waals surface area contributed by atoms with E-state index >= 15 is 0 Å². The number of nitro benzene ring substituents is 1. The van der Waals surface area contributed by atoms with Gasteiger partial charge in [0, 0.05) is 17.6 Å². The molecular formula is C11H9NO5. The van der Waals surface area contributed by atoms with Crippen LogP contribution in [0.25, 0.3) is 0 Å². The summed E-state index contributed by atoms with van der Waals surface area (Å²) in [5.41, 5.74) is 0.266. The Balaban J connectivity index is 3.11. The van der Waals surface area contributed by atoms with Crippen LogP contribution >= 0.6 is 0 Å². The van der Waals surface area contributed by atoms with E-state index in [9.17, 15) is 14.9 Å². The fourth-order valence-corrected chi connectivity index (χ4v) is 1.12. The van der Waals surface area contributed by atoms with Crippen LogP contribution in [0.5, 0.6) is 0 Å². The van der Waals surface area contributed by atoms with Crippen LogP contribution in [0.2, 0.25) is 0 Å². The van der Waals surface area contributed by atoms with Crippen LogP contribution in [0.1, 0.15) is 11.1 Å². The Morgan fingerprint density at radius 1 is 1.59 bits per heavy atom. The fraction of sp³-hybridized carbons (Fsp3) is 0.182. The Bertz CT molecular complexity index is 512. The lowest BCUT2D eigenvalue weighted by Gasteiger charge is -1.99. The monoisotopic (exact) mass is 235 g/mol. The minimum absolute atomic E-state index is 0.193. The first-order valence-corrected chi connectivity index (χ1v) is 4.56. The number of hydrogen-bond acceptors (Lipinski definition) is 5. The number of nitrogens with zero attached hydrogens (tertiary/aromatic N) is 1. The van der Waals surface area contributed by atoms with E-state index in [4.69, 9.17) is 5.11 Å². The summed E-state index contributed by atoms with van der Waals surface area (Å²) >= 11 is 0. The van der Waals surface area contributed by atoms with E-state index in [1.807, 2.05) is 0 Å². The highest BCUT2D eigenvalue weighted by atomic mass is 16.6. The number of ether oxygens (including phenoxy) is 1. The second kappa shape index (κ2) is 5.63. The molecule has 0 aromatic heterocycles. The first-order chi connectivity index (χ1) is 8.08. The van der Waals surface area contributed by atoms with Gasteiger partial charge >= 0.3 is 5.97 Å². The van der Waals surface area contributed by atoms with E-state index in [0.29, 0.717) is 5.56 Å². The molecule has 17 heavy (non-hydrogen) atoms. The Morgan fingerprint density at radius 3 is 2.82 bits per heavy atom. The summed E-state index contributed by atoms with van der Waals surface area (Å²) in [6.45, 7) is -0.430. The first kappa shape index (κ1) is 12.7. The zero-order chi connectivity index (χ0) is 12.8. The molecule has 0 fully saturated rings. The SMILES string of the molecule is COC(=O)C#Cc1ccc(CO)c([N+](=O)[O-])c1. The summed E-state index contributed by atoms with van der Waals surface area (Å²) in [6, 6.07) is 4.06. The molecule has 0 spiro atoms. The van der Waals surface area contributed by atoms with Crippen LogP contribution in [0, 0.1) is 22.0 Å². The minimum Gasteiger partial charge on any atom is -0.459 e. The van der Waals surface area contributed by atoms with Crippen molar-refractivity contribution in [1.82, 2.24) is 0 Å². The van der Waals surface area contributed by atoms with Gasteiger partial charge in [-0.05, 0) is 12.1 Å². The van der Waals surface area contributed by atoms with E-state index in [-0.39, 0.29) is 11.3 Å². The molecule has 6 nitrogen and oxygen atoms in total. The van der Waals surface area contributed by atoms with Crippen LogP contribution < -0.4 is 0 Å². The molecule has 1 aromatic rings. The molecule has 6 heteroatoms. The van der Waals surface area contributed by atoms with Gasteiger partial charge in [-0.2, -0.15) is 0 Å². The second-order valence-corrected chi connectivity index (χ2v) is 3.00. The number of benzene rings is 1. The smallest absolute Gasteiger partial charge is 0.384 e. The highest BCUT2D eigenvalue weighted by Crippen LogP contribution is 2.19. The molecule has 0 aliphatic carbocycles. The molecular weight excluding hydrogens is 226 g/mol. The quantitative estimate of drug-likeness (QED) is 0.351. The number of esters is 1. The summed E-state index contributed by atoms with van der Waals surface area (Å²) in [7, 11) is 1.19. The van der Waals surface area contributed by atoms with E-state index in [0.717, 1.165) is 0 Å². The summed E-state index contributed by atoms with van der Waals surface area (Å²) in [5, 5.41) is 19.6. The van der Waals surface area contributed by atoms with Gasteiger partial charge in [0.2, 0.25) is 0 Å². The summed E-state index contributed by atoms with van der Waals surface area (Å²) in [6.07, 6.45) is 0. The van der Waals surface area contributed by atoms with Crippen molar-refractivity contribution in [2.45, 2.75) is 6.61 Å². The summed E-state index contributed by atoms with van der Waals surface area (Å²) in [5.74, 6) is 3.86. The molecule has 0 radical (unpaired) electrons. The predicted octanol–water partition coefficient (Wildman–Crippen LogP) is 0.612. The molecule has 1 aromatic carbocycles. The van der Waals surface area contributed by atoms with E-state index in [1.54, 1.807) is 0 Å². The van der Waals surface area contributed by atoms with Crippen LogP contribution in [0.4, 0.5) is 5.69 Å². The molecule has 0 bridgehead atoms. The van der Waals surface area contributed by atoms with Crippen LogP contribution in [0.15, 0.2) is 18.2 Å². The molecule has 0 atom stereocenters. The van der Waals surface area contributed by atoms with Gasteiger partial charge in [-0.1, -0.05) is 5.92 Å². The predicted molar refractivity (Wildman–Crippen MR) is 57.9 cm³/mol. The molecule has 88 valence electrons. The standard InChI is InChI=1S/C11H9NO5/c1-17-11(14)5-3-8-2-4-9(7-13)10(6-8)12(15)16/h2,4,6,13H,7H2,1H3. The van der Waals surface area contributed by atoms with Gasteiger partial charge in [-0.15, -0.1) is 0 Å². The molecule has 0 aliphatic rings. The van der Waals surface area contributed by atoms with Crippen molar-refractivity contribution in [3.8, 4) is 11.8 Å². The van der Waals surface area contributed by atoms with Crippen LogP contribution in [-0.2, 0) is 16.1 Å². The number of carbonyl (C=O) groups excluding carboxylic acids is 1. The second-order valence-electron chi connectivity index (χ2n) is 3.00. The van der Waals surface area contributed by atoms with Gasteiger partial charge in [0.15, 0.2) is 0 Å². The van der Waals surface area contributed by atoms with Crippen LogP contribution in [0.3, 0.4) is 0 Å². The molecule has 1 rings (SSSR count). The molecule has 0 amide bonds. The molecule has 0 unspecified atom stereocenters. The van der Waals surface area contributed by atoms with Gasteiger partial charge in [-0.3, -0.25) is 10.1 Å². The zero-order valence-corrected chi connectivity index (χ0v) is 8.97. The number of carbonyl (C=O) groups is 1. The first-order valence-electron chi connectivity index (χ1n) is 4.56. The number of rotatable bonds is 2. The van der Waals surface area contributed by atoms with Gasteiger partial charge in [0.25, 0.3) is 5.69 Å². The zero-order valence-electron chi connectivity index (χ0n) is 8.97. The highest BCUT2D eigenvalue weighted by Gasteiger charge is 2.12. The van der Waals surface area contributed by atoms with Crippen molar-refractivity contribution in [3.63, 3.8) is 0 Å². The largest absolute Gasteiger partial charge is 0.459 e. The lowest BCUT2D eigenvalue weighted by Crippen LogP contribution is -1.97. The summed E-state index contributed by atoms with van der Waals surface area (Å²) in [4.78, 5) is 20.8. The van der Waals surface area contributed by atoms with Gasteiger partial charge in [0.1, 0.15) is 0 Å². The van der Waals surface area contributed by atoms with Crippen molar-refractivity contribution in [3.05, 3.63) is 39.4 Å². The maximum absolute atomic E-state index is 10.8. The van der Waals surface area contributed by atoms with Crippen molar-refractivity contribution in [1.29, 1.82) is 0 Å². The number of nitro groups is 1. The maximum Gasteiger partial charge on any atom is 0.384 e. The van der Waals surface area contributed by atoms with Crippen molar-refractivity contribution in [2.75, 3.05) is 7.11 Å². The molecule has 0 saturated heterocycles. The summed E-state index contributed by atoms with van der Waals surface area (Å²) < 4.78 is 4.31. The topological polar surface area (TPSA) is 89.7 Å². The number of aliphatic hydroxyl groups is 1. The van der Waals surface area contributed by atoms with E-state index < -0.39 is 17.5 Å². The van der Waals surface area contributed by atoms with Crippen molar-refractivity contribution < 1.29 is 19.6 Å². The molecule has 0 aliphatic heterocycles.